The second kappa shape index (κ2) is 51.3. The van der Waals surface area contributed by atoms with Crippen molar-refractivity contribution in [1.29, 1.82) is 0 Å². The molecule has 0 saturated carbocycles. The number of aliphatic hydroxyl groups excluding tert-OH is 8. The van der Waals surface area contributed by atoms with Gasteiger partial charge in [0.2, 0.25) is 5.91 Å². The van der Waals surface area contributed by atoms with Gasteiger partial charge in [0, 0.05) is 6.42 Å². The smallest absolute Gasteiger partial charge is 0.220 e. The van der Waals surface area contributed by atoms with Crippen molar-refractivity contribution in [3.63, 3.8) is 0 Å². The summed E-state index contributed by atoms with van der Waals surface area (Å²) in [7, 11) is 0. The van der Waals surface area contributed by atoms with Crippen LogP contribution in [-0.2, 0) is 23.7 Å². The third-order valence-electron chi connectivity index (χ3n) is 15.1. The number of hydrogen-bond donors (Lipinski definition) is 9. The molecule has 0 aliphatic carbocycles. The molecule has 2 aliphatic heterocycles. The Labute approximate surface area is 490 Å². The van der Waals surface area contributed by atoms with E-state index in [1.807, 2.05) is 0 Å². The highest BCUT2D eigenvalue weighted by Gasteiger charge is 2.51. The minimum Gasteiger partial charge on any atom is -0.394 e. The lowest BCUT2D eigenvalue weighted by molar-refractivity contribution is -0.359. The van der Waals surface area contributed by atoms with Gasteiger partial charge in [-0.2, -0.15) is 0 Å². The van der Waals surface area contributed by atoms with Gasteiger partial charge in [0.1, 0.15) is 48.8 Å². The summed E-state index contributed by atoms with van der Waals surface area (Å²) in [5.74, 6) is -0.215. The number of rotatable bonds is 50. The van der Waals surface area contributed by atoms with Gasteiger partial charge >= 0.3 is 0 Å². The maximum Gasteiger partial charge on any atom is 0.220 e. The first-order valence-corrected chi connectivity index (χ1v) is 32.0. The van der Waals surface area contributed by atoms with E-state index >= 15 is 0 Å². The lowest BCUT2D eigenvalue weighted by atomic mass is 9.97. The molecular formula is C67H115NO13. The summed E-state index contributed by atoms with van der Waals surface area (Å²) in [5, 5.41) is 86.7. The summed E-state index contributed by atoms with van der Waals surface area (Å²) in [6, 6.07) is -0.829. The van der Waals surface area contributed by atoms with Crippen LogP contribution in [0.1, 0.15) is 226 Å². The molecular weight excluding hydrogens is 1030 g/mol. The van der Waals surface area contributed by atoms with Gasteiger partial charge in [-0.3, -0.25) is 4.79 Å². The third-order valence-corrected chi connectivity index (χ3v) is 15.1. The Hall–Kier alpha value is -3.09. The number of unbranched alkanes of at least 4 members (excludes halogenated alkanes) is 21. The SMILES string of the molecule is CC/C=C\C/C=C\C/C=C\C/C=C\C/C=C\C/C=C\C/C=C\C/C=C\CCCCCCCCCCCCCCCCCCC(=O)NC(COC1OC(CO)C(OC2OC(CO)C(O)C(O)C2O)C(O)C1O)C(O)CCCCCCCC. The first-order valence-electron chi connectivity index (χ1n) is 32.0. The number of amides is 1. The van der Waals surface area contributed by atoms with Crippen LogP contribution in [0.4, 0.5) is 0 Å². The minimum atomic E-state index is -1.78. The molecule has 2 fully saturated rings. The summed E-state index contributed by atoms with van der Waals surface area (Å²) in [6.45, 7) is 2.66. The number of carbonyl (C=O) groups is 1. The molecule has 0 aromatic rings. The van der Waals surface area contributed by atoms with Gasteiger partial charge in [-0.15, -0.1) is 0 Å². The molecule has 1 amide bonds. The van der Waals surface area contributed by atoms with E-state index < -0.39 is 86.8 Å². The van der Waals surface area contributed by atoms with Crippen LogP contribution in [0, 0.1) is 0 Å². The molecule has 14 heteroatoms. The topological polar surface area (TPSA) is 228 Å². The van der Waals surface area contributed by atoms with Gasteiger partial charge in [0.05, 0.1) is 32.0 Å². The van der Waals surface area contributed by atoms with Crippen LogP contribution < -0.4 is 5.32 Å². The molecule has 2 saturated heterocycles. The maximum absolute atomic E-state index is 13.2. The number of nitrogens with one attached hydrogen (secondary N) is 1. The molecule has 2 rings (SSSR count). The molecule has 81 heavy (non-hydrogen) atoms. The van der Waals surface area contributed by atoms with Crippen LogP contribution in [0.2, 0.25) is 0 Å². The van der Waals surface area contributed by atoms with Gasteiger partial charge in [0.15, 0.2) is 12.6 Å². The molecule has 0 bridgehead atoms. The molecule has 0 aromatic heterocycles. The normalized spacial score (nSPS) is 24.8. The molecule has 0 radical (unpaired) electrons. The monoisotopic (exact) mass is 1140 g/mol. The third kappa shape index (κ3) is 36.4. The molecule has 14 nitrogen and oxygen atoms in total. The molecule has 0 spiro atoms. The van der Waals surface area contributed by atoms with Crippen LogP contribution in [-0.4, -0.2) is 140 Å². The lowest BCUT2D eigenvalue weighted by Gasteiger charge is -2.46. The molecule has 0 aromatic carbocycles. The Kier molecular flexibility index (Phi) is 46.9. The average Bonchev–Trinajstić information content (AvgIpc) is 3.55. The summed E-state index contributed by atoms with van der Waals surface area (Å²) in [6.07, 6.45) is 54.9. The first-order chi connectivity index (χ1) is 39.6. The van der Waals surface area contributed by atoms with Crippen molar-refractivity contribution in [2.75, 3.05) is 19.8 Å². The van der Waals surface area contributed by atoms with E-state index in [-0.39, 0.29) is 12.5 Å². The van der Waals surface area contributed by atoms with Crippen molar-refractivity contribution in [3.05, 3.63) is 97.2 Å². The van der Waals surface area contributed by atoms with E-state index in [1.54, 1.807) is 0 Å². The van der Waals surface area contributed by atoms with E-state index in [2.05, 4.69) is 116 Å². The quantitative estimate of drug-likeness (QED) is 0.0204. The van der Waals surface area contributed by atoms with Gasteiger partial charge < -0.3 is 65.1 Å². The Morgan fingerprint density at radius 3 is 1.31 bits per heavy atom. The highest BCUT2D eigenvalue weighted by atomic mass is 16.7. The van der Waals surface area contributed by atoms with Crippen LogP contribution >= 0.6 is 0 Å². The van der Waals surface area contributed by atoms with E-state index in [0.717, 1.165) is 116 Å². The fourth-order valence-corrected chi connectivity index (χ4v) is 9.96. The number of ether oxygens (including phenoxy) is 4. The summed E-state index contributed by atoms with van der Waals surface area (Å²) in [5.41, 5.74) is 0. The summed E-state index contributed by atoms with van der Waals surface area (Å²) >= 11 is 0. The van der Waals surface area contributed by atoms with Crippen molar-refractivity contribution in [2.45, 2.75) is 299 Å². The van der Waals surface area contributed by atoms with Crippen LogP contribution in [0.15, 0.2) is 97.2 Å². The van der Waals surface area contributed by atoms with E-state index in [0.29, 0.717) is 12.8 Å². The first kappa shape index (κ1) is 74.0. The van der Waals surface area contributed by atoms with Gasteiger partial charge in [-0.1, -0.05) is 239 Å². The van der Waals surface area contributed by atoms with E-state index in [1.165, 1.54) is 83.5 Å². The highest BCUT2D eigenvalue weighted by molar-refractivity contribution is 5.76. The number of allylic oxidation sites excluding steroid dienone is 16. The standard InChI is InChI=1S/C67H115NO13/c1-3-5-7-9-11-12-13-14-15-16-17-18-19-20-21-22-23-24-25-26-27-28-29-30-31-32-33-34-35-36-37-38-39-40-41-42-43-44-45-47-49-51-59(72)68-55(56(71)50-48-46-10-8-6-4-2)54-78-66-64(77)62(75)65(58(53-70)80-66)81-67-63(76)61(74)60(73)57(52-69)79-67/h5,7,11-12,14-15,17-18,20-21,23-24,26-27,29-30,55-58,60-67,69-71,73-77H,3-4,6,8-10,13,16,19,22,25,28,31-54H2,1-2H3,(H,68,72)/b7-5-,12-11-,15-14-,18-17-,21-20-,24-23-,27-26-,30-29-. The fourth-order valence-electron chi connectivity index (χ4n) is 9.96. The second-order valence-electron chi connectivity index (χ2n) is 22.2. The van der Waals surface area contributed by atoms with Gasteiger partial charge in [-0.05, 0) is 77.0 Å². The zero-order chi connectivity index (χ0) is 58.8. The maximum atomic E-state index is 13.2. The molecule has 2 heterocycles. The highest BCUT2D eigenvalue weighted by Crippen LogP contribution is 2.30. The van der Waals surface area contributed by atoms with E-state index in [9.17, 15) is 45.6 Å². The Morgan fingerprint density at radius 2 is 0.852 bits per heavy atom. The summed E-state index contributed by atoms with van der Waals surface area (Å²) < 4.78 is 22.7. The van der Waals surface area contributed by atoms with Crippen LogP contribution in [0.25, 0.3) is 0 Å². The van der Waals surface area contributed by atoms with E-state index in [4.69, 9.17) is 18.9 Å². The number of aliphatic hydroxyl groups is 8. The Bertz CT molecular complexity index is 1730. The molecule has 12 unspecified atom stereocenters. The zero-order valence-corrected chi connectivity index (χ0v) is 50.2. The number of hydrogen-bond acceptors (Lipinski definition) is 13. The van der Waals surface area contributed by atoms with Crippen molar-refractivity contribution in [1.82, 2.24) is 5.32 Å². The van der Waals surface area contributed by atoms with Crippen molar-refractivity contribution < 1.29 is 64.6 Å². The van der Waals surface area contributed by atoms with Crippen molar-refractivity contribution in [2.24, 2.45) is 0 Å². The largest absolute Gasteiger partial charge is 0.394 e. The van der Waals surface area contributed by atoms with Gasteiger partial charge in [0.25, 0.3) is 0 Å². The predicted molar refractivity (Wildman–Crippen MR) is 327 cm³/mol. The lowest BCUT2D eigenvalue weighted by Crippen LogP contribution is -2.65. The average molecular weight is 1140 g/mol. The van der Waals surface area contributed by atoms with Crippen LogP contribution in [0.3, 0.4) is 0 Å². The van der Waals surface area contributed by atoms with Crippen molar-refractivity contribution in [3.8, 4) is 0 Å². The minimum absolute atomic E-state index is 0.215. The molecule has 466 valence electrons. The Morgan fingerprint density at radius 1 is 0.457 bits per heavy atom. The Balaban J connectivity index is 1.50. The molecule has 12 atom stereocenters. The van der Waals surface area contributed by atoms with Gasteiger partial charge in [-0.25, -0.2) is 0 Å². The number of carbonyl (C=O) groups excluding carboxylic acids is 1. The summed E-state index contributed by atoms with van der Waals surface area (Å²) in [4.78, 5) is 13.2. The van der Waals surface area contributed by atoms with Crippen LogP contribution in [0.5, 0.6) is 0 Å². The molecule has 9 N–H and O–H groups in total. The molecule has 2 aliphatic rings. The zero-order valence-electron chi connectivity index (χ0n) is 50.2. The predicted octanol–water partition coefficient (Wildman–Crippen LogP) is 11.8. The van der Waals surface area contributed by atoms with Crippen molar-refractivity contribution >= 4 is 5.91 Å². The fraction of sp³-hybridized carbons (Fsp3) is 0.746. The second-order valence-corrected chi connectivity index (χ2v) is 22.2.